The first kappa shape index (κ1) is 11.2. The topological polar surface area (TPSA) is 33.1 Å². The highest BCUT2D eigenvalue weighted by atomic mass is 15.1. The highest BCUT2D eigenvalue weighted by Crippen LogP contribution is 2.00. The van der Waals surface area contributed by atoms with E-state index in [1.165, 1.54) is 0 Å². The van der Waals surface area contributed by atoms with Gasteiger partial charge in [0.15, 0.2) is 0 Å². The Hall–Kier alpha value is -0.870. The van der Waals surface area contributed by atoms with Crippen LogP contribution in [0.4, 0.5) is 0 Å². The molecule has 1 unspecified atom stereocenters. The molecule has 80 valence electrons. The summed E-state index contributed by atoms with van der Waals surface area (Å²) in [6.45, 7) is 1.03. The summed E-state index contributed by atoms with van der Waals surface area (Å²) in [4.78, 5) is 6.50. The molecule has 1 aromatic heterocycles. The van der Waals surface area contributed by atoms with E-state index in [4.69, 9.17) is 0 Å². The Balaban J connectivity index is 2.52. The second kappa shape index (κ2) is 5.12. The van der Waals surface area contributed by atoms with E-state index in [0.717, 1.165) is 18.8 Å². The molecule has 1 heterocycles. The van der Waals surface area contributed by atoms with Crippen LogP contribution in [0.1, 0.15) is 5.82 Å². The van der Waals surface area contributed by atoms with Gasteiger partial charge in [-0.1, -0.05) is 0 Å². The minimum absolute atomic E-state index is 0.464. The summed E-state index contributed by atoms with van der Waals surface area (Å²) in [5, 5.41) is 3.30. The lowest BCUT2D eigenvalue weighted by molar-refractivity contribution is 0.343. The molecule has 0 amide bonds. The van der Waals surface area contributed by atoms with Gasteiger partial charge in [0.2, 0.25) is 0 Å². The standard InChI is InChI=1S/C10H20N4/c1-11-9(8-13(2)3)7-10-12-5-6-14(10)4/h5-6,9,11H,7-8H2,1-4H3. The van der Waals surface area contributed by atoms with Crippen molar-refractivity contribution in [3.8, 4) is 0 Å². The van der Waals surface area contributed by atoms with Gasteiger partial charge in [0.1, 0.15) is 5.82 Å². The van der Waals surface area contributed by atoms with Crippen molar-refractivity contribution in [3.63, 3.8) is 0 Å². The van der Waals surface area contributed by atoms with Gasteiger partial charge in [0.05, 0.1) is 0 Å². The van der Waals surface area contributed by atoms with Crippen molar-refractivity contribution in [1.29, 1.82) is 0 Å². The van der Waals surface area contributed by atoms with Crippen molar-refractivity contribution in [3.05, 3.63) is 18.2 Å². The second-order valence-corrected chi connectivity index (χ2v) is 3.91. The monoisotopic (exact) mass is 196 g/mol. The molecular formula is C10H20N4. The summed E-state index contributed by atoms with van der Waals surface area (Å²) in [5.41, 5.74) is 0. The van der Waals surface area contributed by atoms with E-state index >= 15 is 0 Å². The number of imidazole rings is 1. The number of likely N-dealkylation sites (N-methyl/N-ethyl adjacent to an activating group) is 2. The van der Waals surface area contributed by atoms with Crippen LogP contribution in [0.3, 0.4) is 0 Å². The van der Waals surface area contributed by atoms with Crippen molar-refractivity contribution < 1.29 is 0 Å². The lowest BCUT2D eigenvalue weighted by Crippen LogP contribution is -2.38. The molecule has 0 fully saturated rings. The maximum Gasteiger partial charge on any atom is 0.109 e. The van der Waals surface area contributed by atoms with E-state index in [1.807, 2.05) is 26.5 Å². The van der Waals surface area contributed by atoms with E-state index in [9.17, 15) is 0 Å². The third-order valence-corrected chi connectivity index (χ3v) is 2.34. The third-order valence-electron chi connectivity index (χ3n) is 2.34. The zero-order chi connectivity index (χ0) is 10.6. The van der Waals surface area contributed by atoms with Gasteiger partial charge in [-0.2, -0.15) is 0 Å². The highest BCUT2D eigenvalue weighted by Gasteiger charge is 2.10. The van der Waals surface area contributed by atoms with Crippen LogP contribution in [0.2, 0.25) is 0 Å². The maximum atomic E-state index is 4.32. The number of nitrogens with zero attached hydrogens (tertiary/aromatic N) is 3. The summed E-state index contributed by atoms with van der Waals surface area (Å²) >= 11 is 0. The van der Waals surface area contributed by atoms with Gasteiger partial charge in [-0.3, -0.25) is 0 Å². The van der Waals surface area contributed by atoms with Crippen LogP contribution >= 0.6 is 0 Å². The molecule has 0 aromatic carbocycles. The molecule has 0 aliphatic heterocycles. The van der Waals surface area contributed by atoms with Crippen molar-refractivity contribution in [1.82, 2.24) is 19.8 Å². The number of aryl methyl sites for hydroxylation is 1. The van der Waals surface area contributed by atoms with Crippen LogP contribution < -0.4 is 5.32 Å². The van der Waals surface area contributed by atoms with Crippen LogP contribution in [0, 0.1) is 0 Å². The first-order chi connectivity index (χ1) is 6.63. The fraction of sp³-hybridized carbons (Fsp3) is 0.700. The molecule has 0 aliphatic rings. The molecule has 0 aliphatic carbocycles. The molecule has 1 rings (SSSR count). The van der Waals surface area contributed by atoms with E-state index in [1.54, 1.807) is 0 Å². The Labute approximate surface area is 85.9 Å². The molecule has 1 aromatic rings. The predicted octanol–water partition coefficient (Wildman–Crippen LogP) is 0.112. The molecule has 4 nitrogen and oxygen atoms in total. The number of aromatic nitrogens is 2. The van der Waals surface area contributed by atoms with Gasteiger partial charge in [0, 0.05) is 38.4 Å². The lowest BCUT2D eigenvalue weighted by Gasteiger charge is -2.20. The van der Waals surface area contributed by atoms with Crippen LogP contribution in [-0.2, 0) is 13.5 Å². The molecule has 0 spiro atoms. The Morgan fingerprint density at radius 1 is 1.57 bits per heavy atom. The van der Waals surface area contributed by atoms with Gasteiger partial charge < -0.3 is 14.8 Å². The van der Waals surface area contributed by atoms with E-state index in [-0.39, 0.29) is 0 Å². The molecular weight excluding hydrogens is 176 g/mol. The molecule has 4 heteroatoms. The van der Waals surface area contributed by atoms with E-state index in [0.29, 0.717) is 6.04 Å². The van der Waals surface area contributed by atoms with Crippen molar-refractivity contribution in [2.75, 3.05) is 27.7 Å². The molecule has 0 saturated carbocycles. The lowest BCUT2D eigenvalue weighted by atomic mass is 10.2. The maximum absolute atomic E-state index is 4.32. The van der Waals surface area contributed by atoms with Crippen molar-refractivity contribution >= 4 is 0 Å². The van der Waals surface area contributed by atoms with Crippen molar-refractivity contribution in [2.45, 2.75) is 12.5 Å². The van der Waals surface area contributed by atoms with Gasteiger partial charge >= 0.3 is 0 Å². The predicted molar refractivity (Wildman–Crippen MR) is 58.3 cm³/mol. The fourth-order valence-corrected chi connectivity index (χ4v) is 1.51. The molecule has 0 saturated heterocycles. The van der Waals surface area contributed by atoms with Crippen LogP contribution in [0.25, 0.3) is 0 Å². The summed E-state index contributed by atoms with van der Waals surface area (Å²) in [6.07, 6.45) is 4.80. The minimum Gasteiger partial charge on any atom is -0.338 e. The molecule has 1 N–H and O–H groups in total. The molecule has 0 radical (unpaired) electrons. The Morgan fingerprint density at radius 3 is 2.71 bits per heavy atom. The first-order valence-electron chi connectivity index (χ1n) is 4.91. The van der Waals surface area contributed by atoms with Crippen LogP contribution in [-0.4, -0.2) is 48.2 Å². The molecule has 14 heavy (non-hydrogen) atoms. The third kappa shape index (κ3) is 3.12. The zero-order valence-electron chi connectivity index (χ0n) is 9.49. The van der Waals surface area contributed by atoms with Crippen molar-refractivity contribution in [2.24, 2.45) is 7.05 Å². The first-order valence-corrected chi connectivity index (χ1v) is 4.91. The summed E-state index contributed by atoms with van der Waals surface area (Å²) in [7, 11) is 8.20. The summed E-state index contributed by atoms with van der Waals surface area (Å²) in [6, 6.07) is 0.464. The van der Waals surface area contributed by atoms with Gasteiger partial charge in [-0.25, -0.2) is 4.98 Å². The zero-order valence-corrected chi connectivity index (χ0v) is 9.49. The van der Waals surface area contributed by atoms with E-state index in [2.05, 4.69) is 33.9 Å². The average Bonchev–Trinajstić information content (AvgIpc) is 2.50. The molecule has 1 atom stereocenters. The Bertz CT molecular complexity index is 267. The second-order valence-electron chi connectivity index (χ2n) is 3.91. The number of rotatable bonds is 5. The smallest absolute Gasteiger partial charge is 0.109 e. The number of hydrogen-bond acceptors (Lipinski definition) is 3. The SMILES string of the molecule is CNC(Cc1nccn1C)CN(C)C. The van der Waals surface area contributed by atoms with Gasteiger partial charge in [-0.05, 0) is 21.1 Å². The number of nitrogens with one attached hydrogen (secondary N) is 1. The summed E-state index contributed by atoms with van der Waals surface area (Å²) < 4.78 is 2.07. The Morgan fingerprint density at radius 2 is 2.29 bits per heavy atom. The fourth-order valence-electron chi connectivity index (χ4n) is 1.51. The van der Waals surface area contributed by atoms with E-state index < -0.39 is 0 Å². The Kier molecular flexibility index (Phi) is 4.10. The quantitative estimate of drug-likeness (QED) is 0.726. The normalized spacial score (nSPS) is 13.5. The molecule has 0 bridgehead atoms. The summed E-state index contributed by atoms with van der Waals surface area (Å²) in [5.74, 6) is 1.13. The van der Waals surface area contributed by atoms with Gasteiger partial charge in [0.25, 0.3) is 0 Å². The van der Waals surface area contributed by atoms with Crippen LogP contribution in [0.15, 0.2) is 12.4 Å². The van der Waals surface area contributed by atoms with Crippen LogP contribution in [0.5, 0.6) is 0 Å². The largest absolute Gasteiger partial charge is 0.338 e. The average molecular weight is 196 g/mol. The van der Waals surface area contributed by atoms with Gasteiger partial charge in [-0.15, -0.1) is 0 Å². The minimum atomic E-state index is 0.464. The highest BCUT2D eigenvalue weighted by molar-refractivity contribution is 4.94. The number of hydrogen-bond donors (Lipinski definition) is 1.